The summed E-state index contributed by atoms with van der Waals surface area (Å²) < 4.78 is 12.1. The first-order chi connectivity index (χ1) is 22.4. The van der Waals surface area contributed by atoms with Crippen LogP contribution in [0, 0.1) is 0 Å². The van der Waals surface area contributed by atoms with Gasteiger partial charge in [0.2, 0.25) is 5.91 Å². The third-order valence-corrected chi connectivity index (χ3v) is 6.85. The molecule has 13 nitrogen and oxygen atoms in total. The molecule has 0 aliphatic rings. The minimum Gasteiger partial charge on any atom is -0.464 e. The number of aromatic nitrogens is 4. The van der Waals surface area contributed by atoms with Crippen LogP contribution in [0.4, 0.5) is 11.4 Å². The Balaban J connectivity index is 1.33. The van der Waals surface area contributed by atoms with E-state index in [1.807, 2.05) is 18.2 Å². The average Bonchev–Trinajstić information content (AvgIpc) is 3.76. The molecule has 5 rings (SSSR count). The van der Waals surface area contributed by atoms with Gasteiger partial charge >= 0.3 is 17.8 Å². The van der Waals surface area contributed by atoms with Crippen LogP contribution in [0.3, 0.4) is 0 Å². The van der Waals surface area contributed by atoms with Crippen LogP contribution < -0.4 is 16.0 Å². The molecule has 0 spiro atoms. The number of anilines is 2. The third kappa shape index (κ3) is 8.67. The molecule has 3 amide bonds. The summed E-state index contributed by atoms with van der Waals surface area (Å²) in [5.74, 6) is -2.54. The molecule has 5 aromatic rings. The van der Waals surface area contributed by atoms with Gasteiger partial charge in [-0.2, -0.15) is 4.68 Å². The van der Waals surface area contributed by atoms with Gasteiger partial charge in [-0.3, -0.25) is 14.4 Å². The van der Waals surface area contributed by atoms with E-state index in [2.05, 4.69) is 31.5 Å². The van der Waals surface area contributed by atoms with Gasteiger partial charge in [-0.05, 0) is 91.4 Å². The monoisotopic (exact) mass is 655 g/mol. The highest BCUT2D eigenvalue weighted by molar-refractivity contribution is 6.40. The van der Waals surface area contributed by atoms with E-state index >= 15 is 0 Å². The van der Waals surface area contributed by atoms with Gasteiger partial charge < -0.3 is 25.1 Å². The Morgan fingerprint density at radius 2 is 1.68 bits per heavy atom. The summed E-state index contributed by atoms with van der Waals surface area (Å²) >= 11 is 6.14. The van der Waals surface area contributed by atoms with Crippen LogP contribution in [0.5, 0.6) is 0 Å². The zero-order valence-corrected chi connectivity index (χ0v) is 26.3. The van der Waals surface area contributed by atoms with Crippen LogP contribution in [-0.4, -0.2) is 55.5 Å². The van der Waals surface area contributed by atoms with Gasteiger partial charge in [0.05, 0.1) is 23.2 Å². The SMILES string of the molecule is CC(C)(C)OC(=O)c1ccc(NC(=O)C(Cc2ccc(-c3ccco3)cc2)NC(=O)C(=O)Nc2cc(Cl)ccc2-n2cnnn2)cc1. The van der Waals surface area contributed by atoms with E-state index in [0.29, 0.717) is 33.3 Å². The van der Waals surface area contributed by atoms with Crippen molar-refractivity contribution in [1.82, 2.24) is 25.5 Å². The first kappa shape index (κ1) is 32.6. The number of carbonyl (C=O) groups excluding carboxylic acids is 4. The molecule has 2 aromatic heterocycles. The van der Waals surface area contributed by atoms with E-state index in [9.17, 15) is 19.2 Å². The van der Waals surface area contributed by atoms with Gasteiger partial charge in [-0.1, -0.05) is 35.9 Å². The number of ether oxygens (including phenoxy) is 1. The molecule has 0 aliphatic carbocycles. The Morgan fingerprint density at radius 3 is 2.32 bits per heavy atom. The van der Waals surface area contributed by atoms with Crippen molar-refractivity contribution in [2.24, 2.45) is 0 Å². The molecule has 47 heavy (non-hydrogen) atoms. The van der Waals surface area contributed by atoms with Crippen molar-refractivity contribution in [3.8, 4) is 17.0 Å². The molecule has 0 aliphatic heterocycles. The van der Waals surface area contributed by atoms with Crippen LogP contribution in [0.25, 0.3) is 17.0 Å². The minimum absolute atomic E-state index is 0.0479. The zero-order chi connectivity index (χ0) is 33.6. The molecule has 0 saturated heterocycles. The third-order valence-electron chi connectivity index (χ3n) is 6.62. The lowest BCUT2D eigenvalue weighted by Crippen LogP contribution is -2.49. The van der Waals surface area contributed by atoms with Crippen LogP contribution in [-0.2, 0) is 25.5 Å². The minimum atomic E-state index is -1.17. The fourth-order valence-corrected chi connectivity index (χ4v) is 4.60. The fourth-order valence-electron chi connectivity index (χ4n) is 4.43. The summed E-state index contributed by atoms with van der Waals surface area (Å²) in [5, 5.41) is 19.1. The molecule has 2 heterocycles. The van der Waals surface area contributed by atoms with E-state index in [0.717, 1.165) is 5.56 Å². The van der Waals surface area contributed by atoms with Gasteiger partial charge in [0.25, 0.3) is 0 Å². The number of hydrogen-bond acceptors (Lipinski definition) is 9. The van der Waals surface area contributed by atoms with Crippen molar-refractivity contribution in [3.05, 3.63) is 108 Å². The molecule has 240 valence electrons. The molecule has 0 bridgehead atoms. The number of benzene rings is 3. The van der Waals surface area contributed by atoms with Gasteiger partial charge in [0, 0.05) is 22.7 Å². The van der Waals surface area contributed by atoms with Crippen LogP contribution in [0.15, 0.2) is 95.9 Å². The van der Waals surface area contributed by atoms with Crippen molar-refractivity contribution in [3.63, 3.8) is 0 Å². The van der Waals surface area contributed by atoms with Crippen LogP contribution in [0.2, 0.25) is 5.02 Å². The Morgan fingerprint density at radius 1 is 0.936 bits per heavy atom. The van der Waals surface area contributed by atoms with Crippen LogP contribution in [0.1, 0.15) is 36.7 Å². The lowest BCUT2D eigenvalue weighted by molar-refractivity contribution is -0.137. The second-order valence-electron chi connectivity index (χ2n) is 11.3. The maximum absolute atomic E-state index is 13.5. The topological polar surface area (TPSA) is 170 Å². The Kier molecular flexibility index (Phi) is 9.76. The summed E-state index contributed by atoms with van der Waals surface area (Å²) in [5.41, 5.74) is 2.07. The molecule has 3 aromatic carbocycles. The Labute approximate surface area is 274 Å². The molecule has 1 unspecified atom stereocenters. The number of rotatable bonds is 9. The van der Waals surface area contributed by atoms with Gasteiger partial charge in [-0.15, -0.1) is 5.10 Å². The predicted molar refractivity (Wildman–Crippen MR) is 173 cm³/mol. The van der Waals surface area contributed by atoms with E-state index in [-0.39, 0.29) is 12.1 Å². The maximum atomic E-state index is 13.5. The van der Waals surface area contributed by atoms with Crippen molar-refractivity contribution in [2.75, 3.05) is 10.6 Å². The van der Waals surface area contributed by atoms with Crippen molar-refractivity contribution < 1.29 is 28.3 Å². The second-order valence-corrected chi connectivity index (χ2v) is 11.8. The van der Waals surface area contributed by atoms with E-state index < -0.39 is 35.3 Å². The number of halogens is 1. The maximum Gasteiger partial charge on any atom is 0.338 e. The summed E-state index contributed by atoms with van der Waals surface area (Å²) in [6, 6.07) is 20.4. The fraction of sp³-hybridized carbons (Fsp3) is 0.182. The molecule has 14 heteroatoms. The van der Waals surface area contributed by atoms with Gasteiger partial charge in [0.1, 0.15) is 23.7 Å². The smallest absolute Gasteiger partial charge is 0.338 e. The first-order valence-corrected chi connectivity index (χ1v) is 14.7. The Bertz CT molecular complexity index is 1870. The van der Waals surface area contributed by atoms with E-state index in [1.165, 1.54) is 29.2 Å². The molecule has 0 saturated carbocycles. The first-order valence-electron chi connectivity index (χ1n) is 14.4. The van der Waals surface area contributed by atoms with E-state index in [1.54, 1.807) is 69.5 Å². The number of nitrogens with one attached hydrogen (secondary N) is 3. The van der Waals surface area contributed by atoms with Crippen molar-refractivity contribution in [1.29, 1.82) is 0 Å². The number of esters is 1. The van der Waals surface area contributed by atoms with Crippen molar-refractivity contribution >= 4 is 46.7 Å². The van der Waals surface area contributed by atoms with Gasteiger partial charge in [-0.25, -0.2) is 4.79 Å². The summed E-state index contributed by atoms with van der Waals surface area (Å²) in [4.78, 5) is 52.2. The lowest BCUT2D eigenvalue weighted by atomic mass is 10.0. The number of nitrogens with zero attached hydrogens (tertiary/aromatic N) is 4. The number of carbonyl (C=O) groups is 4. The highest BCUT2D eigenvalue weighted by atomic mass is 35.5. The number of furan rings is 1. The second kappa shape index (κ2) is 14.1. The van der Waals surface area contributed by atoms with Gasteiger partial charge in [0.15, 0.2) is 0 Å². The molecule has 1 atom stereocenters. The summed E-state index contributed by atoms with van der Waals surface area (Å²) in [6.45, 7) is 5.29. The number of tetrazole rings is 1. The van der Waals surface area contributed by atoms with Crippen molar-refractivity contribution in [2.45, 2.75) is 38.8 Å². The molecule has 0 fully saturated rings. The normalized spacial score (nSPS) is 11.7. The largest absolute Gasteiger partial charge is 0.464 e. The Hall–Kier alpha value is -5.82. The molecule has 0 radical (unpaired) electrons. The quantitative estimate of drug-likeness (QED) is 0.149. The molecular weight excluding hydrogens is 626 g/mol. The number of hydrogen-bond donors (Lipinski definition) is 3. The lowest BCUT2D eigenvalue weighted by Gasteiger charge is -2.20. The summed E-state index contributed by atoms with van der Waals surface area (Å²) in [6.07, 6.45) is 2.93. The number of amides is 3. The summed E-state index contributed by atoms with van der Waals surface area (Å²) in [7, 11) is 0. The molecular formula is C33H30ClN7O6. The predicted octanol–water partition coefficient (Wildman–Crippen LogP) is 4.84. The van der Waals surface area contributed by atoms with E-state index in [4.69, 9.17) is 20.8 Å². The van der Waals surface area contributed by atoms with Crippen LogP contribution >= 0.6 is 11.6 Å². The average molecular weight is 656 g/mol. The highest BCUT2D eigenvalue weighted by Gasteiger charge is 2.26. The standard InChI is InChI=1S/C33H30ClN7O6/c1-33(2,3)47-32(45)22-10-13-24(14-11-22)36-29(42)26(17-20-6-8-21(9-7-20)28-5-4-16-46-28)38-31(44)30(43)37-25-18-23(34)12-15-27(25)41-19-35-39-40-41/h4-16,18-19,26H,17H2,1-3H3,(H,36,42)(H,37,43)(H,38,44). The highest BCUT2D eigenvalue weighted by Crippen LogP contribution is 2.24. The molecule has 3 N–H and O–H groups in total. The zero-order valence-electron chi connectivity index (χ0n) is 25.6.